The molecule has 4 aromatic rings. The summed E-state index contributed by atoms with van der Waals surface area (Å²) < 4.78 is 12.6. The lowest BCUT2D eigenvalue weighted by atomic mass is 10.0. The van der Waals surface area contributed by atoms with Crippen molar-refractivity contribution in [1.82, 2.24) is 9.88 Å². The van der Waals surface area contributed by atoms with Crippen molar-refractivity contribution in [1.29, 1.82) is 0 Å². The zero-order valence-corrected chi connectivity index (χ0v) is 18.5. The van der Waals surface area contributed by atoms with Crippen molar-refractivity contribution in [3.05, 3.63) is 88.4 Å². The van der Waals surface area contributed by atoms with Gasteiger partial charge in [-0.15, -0.1) is 11.3 Å². The third-order valence-corrected chi connectivity index (χ3v) is 6.07. The van der Waals surface area contributed by atoms with E-state index in [-0.39, 0.29) is 5.91 Å². The van der Waals surface area contributed by atoms with Gasteiger partial charge in [-0.25, -0.2) is 0 Å². The van der Waals surface area contributed by atoms with E-state index in [0.29, 0.717) is 22.9 Å². The lowest BCUT2D eigenvalue weighted by molar-refractivity contribution is 0.0955. The topological polar surface area (TPSA) is 52.5 Å². The molecule has 0 fully saturated rings. The summed E-state index contributed by atoms with van der Waals surface area (Å²) in [6, 6.07) is 17.9. The number of rotatable bonds is 7. The minimum absolute atomic E-state index is 0.109. The Balaban J connectivity index is 1.62. The van der Waals surface area contributed by atoms with Gasteiger partial charge in [0.25, 0.3) is 5.91 Å². The molecule has 0 bridgehead atoms. The molecule has 0 aliphatic carbocycles. The van der Waals surface area contributed by atoms with Crippen LogP contribution in [0.1, 0.15) is 20.8 Å². The molecule has 2 aromatic heterocycles. The summed E-state index contributed by atoms with van der Waals surface area (Å²) in [5.74, 6) is 1.19. The van der Waals surface area contributed by atoms with Gasteiger partial charge in [-0.1, -0.05) is 35.9 Å². The van der Waals surface area contributed by atoms with E-state index in [1.165, 1.54) is 16.9 Å². The summed E-state index contributed by atoms with van der Waals surface area (Å²) in [6.07, 6.45) is 3.93. The molecule has 0 radical (unpaired) electrons. The smallest absolute Gasteiger partial charge is 0.263 e. The van der Waals surface area contributed by atoms with Crippen LogP contribution in [0.5, 0.6) is 11.5 Å². The van der Waals surface area contributed by atoms with Crippen LogP contribution in [0.3, 0.4) is 0 Å². The summed E-state index contributed by atoms with van der Waals surface area (Å²) in [6.45, 7) is 2.46. The fraction of sp³-hybridized carbons (Fsp3) is 0.160. The fourth-order valence-corrected chi connectivity index (χ4v) is 4.43. The van der Waals surface area contributed by atoms with Crippen LogP contribution in [0.4, 0.5) is 0 Å². The Bertz CT molecular complexity index is 1180. The van der Waals surface area contributed by atoms with Gasteiger partial charge < -0.3 is 19.4 Å². The Labute approximate surface area is 185 Å². The Hall–Kier alpha value is -3.51. The van der Waals surface area contributed by atoms with E-state index in [1.54, 1.807) is 14.2 Å². The summed E-state index contributed by atoms with van der Waals surface area (Å²) in [4.78, 5) is 13.8. The molecule has 0 unspecified atom stereocenters. The molecule has 0 atom stereocenters. The first kappa shape index (κ1) is 20.8. The molecular formula is C25H24N2O3S. The van der Waals surface area contributed by atoms with Crippen molar-refractivity contribution >= 4 is 17.2 Å². The van der Waals surface area contributed by atoms with E-state index in [9.17, 15) is 4.79 Å². The van der Waals surface area contributed by atoms with Gasteiger partial charge in [0, 0.05) is 29.9 Å². The van der Waals surface area contributed by atoms with Gasteiger partial charge in [-0.2, -0.15) is 0 Å². The fourth-order valence-electron chi connectivity index (χ4n) is 3.44. The highest BCUT2D eigenvalue weighted by atomic mass is 32.1. The number of aryl methyl sites for hydroxylation is 1. The van der Waals surface area contributed by atoms with Gasteiger partial charge in [0.05, 0.1) is 19.9 Å². The molecule has 0 spiro atoms. The van der Waals surface area contributed by atoms with Crippen molar-refractivity contribution in [2.24, 2.45) is 0 Å². The number of benzene rings is 2. The average molecular weight is 433 g/mol. The largest absolute Gasteiger partial charge is 0.493 e. The quantitative estimate of drug-likeness (QED) is 0.422. The third-order valence-electron chi connectivity index (χ3n) is 5.10. The normalized spacial score (nSPS) is 10.7. The predicted octanol–water partition coefficient (Wildman–Crippen LogP) is 5.46. The van der Waals surface area contributed by atoms with Crippen LogP contribution >= 0.6 is 11.3 Å². The molecule has 5 nitrogen and oxygen atoms in total. The van der Waals surface area contributed by atoms with Crippen LogP contribution in [-0.4, -0.2) is 24.7 Å². The standard InChI is InChI=1S/C25H24N2O3S/c1-17-6-9-19(10-7-17)20-16-31-24(23(20)27-12-4-5-13-27)25(28)26-15-18-8-11-21(29-2)22(14-18)30-3/h4-14,16H,15H2,1-3H3,(H,26,28). The second-order valence-electron chi connectivity index (χ2n) is 7.16. The second-order valence-corrected chi connectivity index (χ2v) is 8.04. The molecule has 2 heterocycles. The van der Waals surface area contributed by atoms with Crippen LogP contribution < -0.4 is 14.8 Å². The molecule has 0 aliphatic heterocycles. The SMILES string of the molecule is COc1ccc(CNC(=O)c2scc(-c3ccc(C)cc3)c2-n2cccc2)cc1OC. The summed E-state index contributed by atoms with van der Waals surface area (Å²) in [5, 5.41) is 5.09. The molecule has 0 saturated carbocycles. The molecule has 6 heteroatoms. The number of aromatic nitrogens is 1. The van der Waals surface area contributed by atoms with Gasteiger partial charge >= 0.3 is 0 Å². The monoisotopic (exact) mass is 432 g/mol. The van der Waals surface area contributed by atoms with Crippen LogP contribution in [-0.2, 0) is 6.54 Å². The van der Waals surface area contributed by atoms with Crippen molar-refractivity contribution < 1.29 is 14.3 Å². The summed E-state index contributed by atoms with van der Waals surface area (Å²) in [5.41, 5.74) is 5.16. The minimum Gasteiger partial charge on any atom is -0.493 e. The Morgan fingerprint density at radius 1 is 1.00 bits per heavy atom. The average Bonchev–Trinajstić information content (AvgIpc) is 3.47. The number of amides is 1. The highest BCUT2D eigenvalue weighted by Crippen LogP contribution is 2.35. The first-order valence-corrected chi connectivity index (χ1v) is 10.8. The number of thiophene rings is 1. The molecule has 0 saturated heterocycles. The molecule has 2 aromatic carbocycles. The molecule has 1 amide bonds. The number of methoxy groups -OCH3 is 2. The molecule has 31 heavy (non-hydrogen) atoms. The zero-order valence-electron chi connectivity index (χ0n) is 17.7. The maximum Gasteiger partial charge on any atom is 0.263 e. The van der Waals surface area contributed by atoms with E-state index in [1.807, 2.05) is 52.7 Å². The lowest BCUT2D eigenvalue weighted by Gasteiger charge is -2.12. The zero-order chi connectivity index (χ0) is 21.8. The Morgan fingerprint density at radius 3 is 2.39 bits per heavy atom. The van der Waals surface area contributed by atoms with Crippen LogP contribution in [0.15, 0.2) is 72.4 Å². The first-order valence-electron chi connectivity index (χ1n) is 9.91. The van der Waals surface area contributed by atoms with E-state index in [4.69, 9.17) is 9.47 Å². The number of hydrogen-bond acceptors (Lipinski definition) is 4. The highest BCUT2D eigenvalue weighted by Gasteiger charge is 2.20. The number of carbonyl (C=O) groups excluding carboxylic acids is 1. The second kappa shape index (κ2) is 9.10. The van der Waals surface area contributed by atoms with Crippen LogP contribution in [0, 0.1) is 6.92 Å². The molecular weight excluding hydrogens is 408 g/mol. The number of ether oxygens (including phenoxy) is 2. The van der Waals surface area contributed by atoms with E-state index < -0.39 is 0 Å². The van der Waals surface area contributed by atoms with Crippen molar-refractivity contribution in [3.8, 4) is 28.3 Å². The molecule has 4 rings (SSSR count). The van der Waals surface area contributed by atoms with Crippen LogP contribution in [0.25, 0.3) is 16.8 Å². The maximum absolute atomic E-state index is 13.1. The first-order chi connectivity index (χ1) is 15.1. The molecule has 158 valence electrons. The van der Waals surface area contributed by atoms with Crippen molar-refractivity contribution in [3.63, 3.8) is 0 Å². The lowest BCUT2D eigenvalue weighted by Crippen LogP contribution is -2.23. The summed E-state index contributed by atoms with van der Waals surface area (Å²) >= 11 is 1.45. The van der Waals surface area contributed by atoms with Crippen molar-refractivity contribution in [2.45, 2.75) is 13.5 Å². The minimum atomic E-state index is -0.109. The predicted molar refractivity (Wildman–Crippen MR) is 125 cm³/mol. The van der Waals surface area contributed by atoms with Gasteiger partial charge in [0.1, 0.15) is 4.88 Å². The molecule has 0 aliphatic rings. The van der Waals surface area contributed by atoms with Crippen LogP contribution in [0.2, 0.25) is 0 Å². The Morgan fingerprint density at radius 2 is 1.71 bits per heavy atom. The third kappa shape index (κ3) is 4.34. The number of nitrogens with zero attached hydrogens (tertiary/aromatic N) is 1. The van der Waals surface area contributed by atoms with E-state index in [0.717, 1.165) is 22.4 Å². The van der Waals surface area contributed by atoms with E-state index >= 15 is 0 Å². The maximum atomic E-state index is 13.1. The van der Waals surface area contributed by atoms with E-state index in [2.05, 4.69) is 36.5 Å². The number of carbonyl (C=O) groups is 1. The molecule has 1 N–H and O–H groups in total. The van der Waals surface area contributed by atoms with Gasteiger partial charge in [-0.05, 0) is 42.3 Å². The Kier molecular flexibility index (Phi) is 6.09. The number of hydrogen-bond donors (Lipinski definition) is 1. The van der Waals surface area contributed by atoms with Crippen molar-refractivity contribution in [2.75, 3.05) is 14.2 Å². The number of nitrogens with one attached hydrogen (secondary N) is 1. The van der Waals surface area contributed by atoms with Gasteiger partial charge in [-0.3, -0.25) is 4.79 Å². The van der Waals surface area contributed by atoms with Gasteiger partial charge in [0.15, 0.2) is 11.5 Å². The van der Waals surface area contributed by atoms with Gasteiger partial charge in [0.2, 0.25) is 0 Å². The summed E-state index contributed by atoms with van der Waals surface area (Å²) in [7, 11) is 3.20. The highest BCUT2D eigenvalue weighted by molar-refractivity contribution is 7.13.